The van der Waals surface area contributed by atoms with E-state index in [9.17, 15) is 9.18 Å². The van der Waals surface area contributed by atoms with Gasteiger partial charge in [-0.3, -0.25) is 4.98 Å². The fourth-order valence-electron chi connectivity index (χ4n) is 2.87. The fourth-order valence-corrected chi connectivity index (χ4v) is 3.73. The van der Waals surface area contributed by atoms with E-state index < -0.39 is 0 Å². The van der Waals surface area contributed by atoms with Gasteiger partial charge in [0, 0.05) is 31.0 Å². The third-order valence-corrected chi connectivity index (χ3v) is 5.20. The van der Waals surface area contributed by atoms with Crippen molar-refractivity contribution in [2.75, 3.05) is 23.3 Å². The number of carbonyl (C=O) groups excluding carboxylic acids is 1. The largest absolute Gasteiger partial charge is 0.345 e. The number of benzene rings is 1. The summed E-state index contributed by atoms with van der Waals surface area (Å²) in [7, 11) is 0. The Morgan fingerprint density at radius 3 is 2.81 bits per heavy atom. The lowest BCUT2D eigenvalue weighted by Crippen LogP contribution is -2.39. The van der Waals surface area contributed by atoms with Crippen LogP contribution in [0.15, 0.2) is 48.7 Å². The number of nitrogens with one attached hydrogen (secondary N) is 2. The Kier molecular flexibility index (Phi) is 4.93. The second-order valence-corrected chi connectivity index (χ2v) is 7.10. The van der Waals surface area contributed by atoms with Gasteiger partial charge in [-0.2, -0.15) is 0 Å². The summed E-state index contributed by atoms with van der Waals surface area (Å²) in [4.78, 5) is 18.5. The number of aromatic nitrogens is 3. The molecule has 1 aliphatic heterocycles. The molecule has 1 unspecified atom stereocenters. The normalized spacial score (nSPS) is 16.3. The first-order valence-corrected chi connectivity index (χ1v) is 9.32. The minimum absolute atomic E-state index is 0.00708. The van der Waals surface area contributed by atoms with Gasteiger partial charge in [0.25, 0.3) is 0 Å². The first-order valence-electron chi connectivity index (χ1n) is 8.50. The lowest BCUT2D eigenvalue weighted by atomic mass is 10.3. The molecule has 0 saturated carbocycles. The summed E-state index contributed by atoms with van der Waals surface area (Å²) >= 11 is 1.49. The zero-order chi connectivity index (χ0) is 18.6. The number of hydrogen-bond acceptors (Lipinski definition) is 6. The van der Waals surface area contributed by atoms with E-state index in [0.29, 0.717) is 12.2 Å². The molecule has 0 bridgehead atoms. The smallest absolute Gasteiger partial charge is 0.319 e. The number of carbonyl (C=O) groups is 1. The van der Waals surface area contributed by atoms with Crippen molar-refractivity contribution < 1.29 is 9.18 Å². The number of amides is 2. The molecule has 1 atom stereocenters. The quantitative estimate of drug-likeness (QED) is 0.722. The van der Waals surface area contributed by atoms with Gasteiger partial charge < -0.3 is 15.5 Å². The van der Waals surface area contributed by atoms with Gasteiger partial charge in [0.1, 0.15) is 11.5 Å². The van der Waals surface area contributed by atoms with E-state index in [2.05, 4.69) is 30.7 Å². The molecule has 2 N–H and O–H groups in total. The second kappa shape index (κ2) is 7.67. The summed E-state index contributed by atoms with van der Waals surface area (Å²) in [5.41, 5.74) is 1.35. The van der Waals surface area contributed by atoms with E-state index in [1.165, 1.54) is 35.6 Å². The van der Waals surface area contributed by atoms with Gasteiger partial charge in [0.2, 0.25) is 5.13 Å². The van der Waals surface area contributed by atoms with Crippen LogP contribution in [0.4, 0.5) is 20.0 Å². The molecule has 0 aliphatic carbocycles. The zero-order valence-electron chi connectivity index (χ0n) is 14.3. The number of nitrogens with zero attached hydrogens (tertiary/aromatic N) is 4. The minimum Gasteiger partial charge on any atom is -0.345 e. The molecule has 0 spiro atoms. The lowest BCUT2D eigenvalue weighted by Gasteiger charge is -2.15. The van der Waals surface area contributed by atoms with Crippen molar-refractivity contribution in [3.05, 3.63) is 54.5 Å². The molecule has 1 fully saturated rings. The number of hydrogen-bond donors (Lipinski definition) is 2. The Hall–Kier alpha value is -3.07. The maximum absolute atomic E-state index is 12.9. The molecule has 3 aromatic rings. The van der Waals surface area contributed by atoms with Gasteiger partial charge in [-0.05, 0) is 42.8 Å². The number of anilines is 2. The molecule has 9 heteroatoms. The first kappa shape index (κ1) is 17.3. The van der Waals surface area contributed by atoms with Crippen molar-refractivity contribution in [3.63, 3.8) is 0 Å². The highest BCUT2D eigenvalue weighted by Gasteiger charge is 2.26. The Labute approximate surface area is 159 Å². The van der Waals surface area contributed by atoms with E-state index in [-0.39, 0.29) is 17.9 Å². The lowest BCUT2D eigenvalue weighted by molar-refractivity contribution is 0.249. The molecule has 3 heterocycles. The van der Waals surface area contributed by atoms with Gasteiger partial charge >= 0.3 is 6.03 Å². The Morgan fingerprint density at radius 2 is 2.04 bits per heavy atom. The Balaban J connectivity index is 1.33. The monoisotopic (exact) mass is 384 g/mol. The van der Waals surface area contributed by atoms with Crippen LogP contribution in [0.2, 0.25) is 0 Å². The second-order valence-electron chi connectivity index (χ2n) is 6.14. The van der Waals surface area contributed by atoms with E-state index in [0.717, 1.165) is 28.8 Å². The van der Waals surface area contributed by atoms with Crippen molar-refractivity contribution in [1.82, 2.24) is 20.5 Å². The standard InChI is InChI=1S/C18H17FN6OS/c19-12-4-6-13(7-5-12)21-17(26)22-14-8-10-25(11-14)18-24-23-16(27-18)15-3-1-2-9-20-15/h1-7,9,14H,8,10-11H2,(H2,21,22,26). The molecular weight excluding hydrogens is 367 g/mol. The molecule has 7 nitrogen and oxygen atoms in total. The van der Waals surface area contributed by atoms with E-state index in [4.69, 9.17) is 0 Å². The molecule has 2 aromatic heterocycles. The molecule has 1 aromatic carbocycles. The number of halogens is 1. The van der Waals surface area contributed by atoms with Crippen LogP contribution in [0.5, 0.6) is 0 Å². The van der Waals surface area contributed by atoms with Crippen LogP contribution < -0.4 is 15.5 Å². The number of urea groups is 1. The van der Waals surface area contributed by atoms with Gasteiger partial charge in [-0.25, -0.2) is 9.18 Å². The number of rotatable bonds is 4. The van der Waals surface area contributed by atoms with Crippen LogP contribution in [-0.2, 0) is 0 Å². The van der Waals surface area contributed by atoms with Gasteiger partial charge in [0.15, 0.2) is 5.01 Å². The molecule has 4 rings (SSSR count). The maximum atomic E-state index is 12.9. The maximum Gasteiger partial charge on any atom is 0.319 e. The highest BCUT2D eigenvalue weighted by molar-refractivity contribution is 7.18. The predicted molar refractivity (Wildman–Crippen MR) is 102 cm³/mol. The number of pyridine rings is 1. The van der Waals surface area contributed by atoms with Crippen LogP contribution in [0, 0.1) is 5.82 Å². The summed E-state index contributed by atoms with van der Waals surface area (Å²) in [5, 5.41) is 15.7. The average Bonchev–Trinajstić information content (AvgIpc) is 3.34. The van der Waals surface area contributed by atoms with Gasteiger partial charge in [0.05, 0.1) is 0 Å². The molecule has 1 aliphatic rings. The highest BCUT2D eigenvalue weighted by Crippen LogP contribution is 2.29. The average molecular weight is 384 g/mol. The first-order chi connectivity index (χ1) is 13.2. The van der Waals surface area contributed by atoms with E-state index >= 15 is 0 Å². The summed E-state index contributed by atoms with van der Waals surface area (Å²) in [6.07, 6.45) is 2.54. The summed E-state index contributed by atoms with van der Waals surface area (Å²) in [6.45, 7) is 1.45. The Bertz CT molecular complexity index is 917. The minimum atomic E-state index is -0.338. The summed E-state index contributed by atoms with van der Waals surface area (Å²) < 4.78 is 12.9. The molecule has 27 heavy (non-hydrogen) atoms. The van der Waals surface area contributed by atoms with Crippen molar-refractivity contribution in [1.29, 1.82) is 0 Å². The zero-order valence-corrected chi connectivity index (χ0v) is 15.1. The third kappa shape index (κ3) is 4.20. The SMILES string of the molecule is O=C(Nc1ccc(F)cc1)NC1CCN(c2nnc(-c3ccccn3)s2)C1. The van der Waals surface area contributed by atoms with Crippen molar-refractivity contribution in [2.45, 2.75) is 12.5 Å². The van der Waals surface area contributed by atoms with Crippen LogP contribution in [0.25, 0.3) is 10.7 Å². The predicted octanol–water partition coefficient (Wildman–Crippen LogP) is 3.14. The molecule has 0 radical (unpaired) electrons. The Morgan fingerprint density at radius 1 is 1.19 bits per heavy atom. The third-order valence-electron chi connectivity index (χ3n) is 4.19. The van der Waals surface area contributed by atoms with Crippen LogP contribution in [0.1, 0.15) is 6.42 Å². The van der Waals surface area contributed by atoms with Crippen LogP contribution in [-0.4, -0.2) is 40.3 Å². The van der Waals surface area contributed by atoms with Crippen molar-refractivity contribution in [3.8, 4) is 10.7 Å². The molecule has 2 amide bonds. The van der Waals surface area contributed by atoms with Crippen LogP contribution >= 0.6 is 11.3 Å². The van der Waals surface area contributed by atoms with Gasteiger partial charge in [-0.15, -0.1) is 10.2 Å². The van der Waals surface area contributed by atoms with Gasteiger partial charge in [-0.1, -0.05) is 17.4 Å². The van der Waals surface area contributed by atoms with Crippen LogP contribution in [0.3, 0.4) is 0 Å². The summed E-state index contributed by atoms with van der Waals surface area (Å²) in [5.74, 6) is -0.338. The molecule has 138 valence electrons. The van der Waals surface area contributed by atoms with E-state index in [1.807, 2.05) is 18.2 Å². The fraction of sp³-hybridized carbons (Fsp3) is 0.222. The topological polar surface area (TPSA) is 83.0 Å². The molecule has 1 saturated heterocycles. The van der Waals surface area contributed by atoms with Crippen molar-refractivity contribution >= 4 is 28.2 Å². The van der Waals surface area contributed by atoms with Crippen molar-refractivity contribution in [2.24, 2.45) is 0 Å². The van der Waals surface area contributed by atoms with E-state index in [1.54, 1.807) is 6.20 Å². The highest BCUT2D eigenvalue weighted by atomic mass is 32.1. The summed E-state index contributed by atoms with van der Waals surface area (Å²) in [6, 6.07) is 11.0. The molecular formula is C18H17FN6OS.